The molecule has 0 bridgehead atoms. The third-order valence-corrected chi connectivity index (χ3v) is 4.86. The highest BCUT2D eigenvalue weighted by Crippen LogP contribution is 2.20. The van der Waals surface area contributed by atoms with Crippen LogP contribution in [0.3, 0.4) is 0 Å². The summed E-state index contributed by atoms with van der Waals surface area (Å²) in [5, 5.41) is 13.4. The number of sulfonamides is 1. The summed E-state index contributed by atoms with van der Waals surface area (Å²) in [5.41, 5.74) is 0.549. The van der Waals surface area contributed by atoms with Crippen molar-refractivity contribution in [1.82, 2.24) is 24.9 Å². The minimum atomic E-state index is -3.76. The van der Waals surface area contributed by atoms with Crippen LogP contribution in [0.15, 0.2) is 23.1 Å². The molecule has 2 aromatic rings. The van der Waals surface area contributed by atoms with E-state index in [-0.39, 0.29) is 17.4 Å². The van der Waals surface area contributed by atoms with Crippen LogP contribution >= 0.6 is 0 Å². The van der Waals surface area contributed by atoms with E-state index in [4.69, 9.17) is 0 Å². The molecule has 0 aliphatic rings. The van der Waals surface area contributed by atoms with Gasteiger partial charge in [0.05, 0.1) is 4.90 Å². The standard InChI is InChI=1S/C12H16FN5O2S/c1-8-4-10(13)6-11(5-8)21(19,20)18(3)7-9(2)12-14-16-17-15-12/h4-6,9H,7H2,1-3H3,(H,14,15,16,17). The van der Waals surface area contributed by atoms with Crippen LogP contribution in [0.4, 0.5) is 4.39 Å². The molecule has 1 unspecified atom stereocenters. The van der Waals surface area contributed by atoms with E-state index in [0.29, 0.717) is 11.4 Å². The average Bonchev–Trinajstić information content (AvgIpc) is 2.91. The van der Waals surface area contributed by atoms with Crippen LogP contribution in [0, 0.1) is 12.7 Å². The van der Waals surface area contributed by atoms with Crippen LogP contribution < -0.4 is 0 Å². The van der Waals surface area contributed by atoms with Crippen LogP contribution in [-0.4, -0.2) is 46.9 Å². The molecule has 7 nitrogen and oxygen atoms in total. The Morgan fingerprint density at radius 1 is 1.38 bits per heavy atom. The summed E-state index contributed by atoms with van der Waals surface area (Å²) >= 11 is 0. The van der Waals surface area contributed by atoms with Gasteiger partial charge >= 0.3 is 0 Å². The maximum Gasteiger partial charge on any atom is 0.242 e. The molecule has 1 aromatic heterocycles. The van der Waals surface area contributed by atoms with Crippen molar-refractivity contribution < 1.29 is 12.8 Å². The third-order valence-electron chi connectivity index (χ3n) is 3.06. The number of likely N-dealkylation sites (N-methyl/N-ethyl adjacent to an activating group) is 1. The molecule has 114 valence electrons. The fraction of sp³-hybridized carbons (Fsp3) is 0.417. The second-order valence-corrected chi connectivity index (χ2v) is 6.97. The molecule has 0 spiro atoms. The van der Waals surface area contributed by atoms with E-state index in [1.54, 1.807) is 13.8 Å². The van der Waals surface area contributed by atoms with Gasteiger partial charge in [-0.15, -0.1) is 10.2 Å². The van der Waals surface area contributed by atoms with E-state index in [9.17, 15) is 12.8 Å². The van der Waals surface area contributed by atoms with Crippen LogP contribution in [0.1, 0.15) is 24.2 Å². The molecule has 0 fully saturated rings. The van der Waals surface area contributed by atoms with E-state index >= 15 is 0 Å². The van der Waals surface area contributed by atoms with Gasteiger partial charge in [-0.2, -0.15) is 5.21 Å². The number of benzene rings is 1. The van der Waals surface area contributed by atoms with Crippen molar-refractivity contribution in [3.05, 3.63) is 35.4 Å². The number of hydrogen-bond donors (Lipinski definition) is 1. The van der Waals surface area contributed by atoms with Gasteiger partial charge in [-0.3, -0.25) is 0 Å². The number of aromatic nitrogens is 4. The first-order valence-electron chi connectivity index (χ1n) is 6.27. The van der Waals surface area contributed by atoms with E-state index in [0.717, 1.165) is 10.4 Å². The quantitative estimate of drug-likeness (QED) is 0.891. The molecule has 9 heteroatoms. The van der Waals surface area contributed by atoms with Gasteiger partial charge in [0, 0.05) is 19.5 Å². The average molecular weight is 313 g/mol. The van der Waals surface area contributed by atoms with Crippen LogP contribution in [-0.2, 0) is 10.0 Å². The lowest BCUT2D eigenvalue weighted by Crippen LogP contribution is -2.31. The number of H-pyrrole nitrogens is 1. The van der Waals surface area contributed by atoms with Crippen molar-refractivity contribution in [1.29, 1.82) is 0 Å². The molecular weight excluding hydrogens is 297 g/mol. The number of aromatic amines is 1. The minimum absolute atomic E-state index is 0.0668. The number of tetrazole rings is 1. The van der Waals surface area contributed by atoms with E-state index in [2.05, 4.69) is 20.6 Å². The van der Waals surface area contributed by atoms with Crippen LogP contribution in [0.5, 0.6) is 0 Å². The van der Waals surface area contributed by atoms with Crippen molar-refractivity contribution >= 4 is 10.0 Å². The molecule has 0 amide bonds. The highest BCUT2D eigenvalue weighted by atomic mass is 32.2. The molecule has 0 aliphatic carbocycles. The number of halogens is 1. The second-order valence-electron chi connectivity index (χ2n) is 4.92. The maximum absolute atomic E-state index is 13.4. The van der Waals surface area contributed by atoms with Gasteiger partial charge in [-0.25, -0.2) is 17.1 Å². The van der Waals surface area contributed by atoms with Gasteiger partial charge in [-0.05, 0) is 30.7 Å². The first-order valence-corrected chi connectivity index (χ1v) is 7.71. The van der Waals surface area contributed by atoms with E-state index in [1.807, 2.05) is 0 Å². The fourth-order valence-electron chi connectivity index (χ4n) is 1.98. The minimum Gasteiger partial charge on any atom is -0.207 e. The third kappa shape index (κ3) is 3.42. The van der Waals surface area contributed by atoms with Gasteiger partial charge < -0.3 is 0 Å². The summed E-state index contributed by atoms with van der Waals surface area (Å²) in [7, 11) is -2.33. The highest BCUT2D eigenvalue weighted by Gasteiger charge is 2.25. The van der Waals surface area contributed by atoms with Crippen molar-refractivity contribution in [2.75, 3.05) is 13.6 Å². The summed E-state index contributed by atoms with van der Waals surface area (Å²) in [5.74, 6) is -0.390. The summed E-state index contributed by atoms with van der Waals surface area (Å²) in [6, 6.07) is 3.73. The molecule has 0 radical (unpaired) electrons. The smallest absolute Gasteiger partial charge is 0.207 e. The van der Waals surface area contributed by atoms with Crippen molar-refractivity contribution in [3.63, 3.8) is 0 Å². The van der Waals surface area contributed by atoms with Gasteiger partial charge in [0.15, 0.2) is 5.82 Å². The summed E-state index contributed by atoms with van der Waals surface area (Å²) in [4.78, 5) is -0.0668. The summed E-state index contributed by atoms with van der Waals surface area (Å²) in [6.45, 7) is 3.59. The highest BCUT2D eigenvalue weighted by molar-refractivity contribution is 7.89. The Bertz CT molecular complexity index is 697. The topological polar surface area (TPSA) is 91.8 Å². The molecule has 0 aliphatic heterocycles. The number of aryl methyl sites for hydroxylation is 1. The lowest BCUT2D eigenvalue weighted by Gasteiger charge is -2.20. The SMILES string of the molecule is Cc1cc(F)cc(S(=O)(=O)N(C)CC(C)c2nn[nH]n2)c1. The number of hydrogen-bond acceptors (Lipinski definition) is 5. The Balaban J connectivity index is 2.22. The van der Waals surface area contributed by atoms with Gasteiger partial charge in [0.2, 0.25) is 10.0 Å². The summed E-state index contributed by atoms with van der Waals surface area (Å²) in [6.07, 6.45) is 0. The maximum atomic E-state index is 13.4. The van der Waals surface area contributed by atoms with Gasteiger partial charge in [0.25, 0.3) is 0 Å². The molecule has 0 saturated carbocycles. The zero-order valence-electron chi connectivity index (χ0n) is 11.9. The molecule has 21 heavy (non-hydrogen) atoms. The monoisotopic (exact) mass is 313 g/mol. The lowest BCUT2D eigenvalue weighted by molar-refractivity contribution is 0.439. The van der Waals surface area contributed by atoms with Crippen molar-refractivity contribution in [2.24, 2.45) is 0 Å². The number of nitrogens with zero attached hydrogens (tertiary/aromatic N) is 4. The Labute approximate surface area is 122 Å². The second kappa shape index (κ2) is 5.86. The van der Waals surface area contributed by atoms with Crippen LogP contribution in [0.2, 0.25) is 0 Å². The van der Waals surface area contributed by atoms with Crippen molar-refractivity contribution in [3.8, 4) is 0 Å². The van der Waals surface area contributed by atoms with Gasteiger partial charge in [0.1, 0.15) is 5.82 Å². The molecule has 0 saturated heterocycles. The molecular formula is C12H16FN5O2S. The normalized spacial score (nSPS) is 13.6. The Morgan fingerprint density at radius 2 is 2.10 bits per heavy atom. The molecule has 2 rings (SSSR count). The first-order chi connectivity index (χ1) is 9.80. The van der Waals surface area contributed by atoms with Gasteiger partial charge in [-0.1, -0.05) is 12.1 Å². The Morgan fingerprint density at radius 3 is 2.67 bits per heavy atom. The van der Waals surface area contributed by atoms with Crippen LogP contribution in [0.25, 0.3) is 0 Å². The zero-order chi connectivity index (χ0) is 15.6. The van der Waals surface area contributed by atoms with E-state index in [1.165, 1.54) is 19.2 Å². The Kier molecular flexibility index (Phi) is 4.33. The summed E-state index contributed by atoms with van der Waals surface area (Å²) < 4.78 is 39.4. The first kappa shape index (κ1) is 15.5. The zero-order valence-corrected chi connectivity index (χ0v) is 12.7. The lowest BCUT2D eigenvalue weighted by atomic mass is 10.2. The van der Waals surface area contributed by atoms with Crippen molar-refractivity contribution in [2.45, 2.75) is 24.7 Å². The predicted molar refractivity (Wildman–Crippen MR) is 73.5 cm³/mol. The molecule has 1 atom stereocenters. The largest absolute Gasteiger partial charge is 0.242 e. The predicted octanol–water partition coefficient (Wildman–Crippen LogP) is 1.07. The Hall–Kier alpha value is -1.87. The molecule has 1 aromatic carbocycles. The molecule has 1 heterocycles. The number of nitrogens with one attached hydrogen (secondary N) is 1. The fourth-order valence-corrected chi connectivity index (χ4v) is 3.35. The van der Waals surface area contributed by atoms with E-state index < -0.39 is 15.8 Å². The number of rotatable bonds is 5. The molecule has 1 N–H and O–H groups in total.